The molecule has 0 spiro atoms. The van der Waals surface area contributed by atoms with E-state index in [1.807, 2.05) is 42.6 Å². The second-order valence-corrected chi connectivity index (χ2v) is 14.0. The largest absolute Gasteiger partial charge is 0.418 e. The van der Waals surface area contributed by atoms with E-state index < -0.39 is 22.4 Å². The van der Waals surface area contributed by atoms with Crippen LogP contribution in [-0.2, 0) is 22.2 Å². The second-order valence-electron chi connectivity index (χ2n) is 12.2. The van der Waals surface area contributed by atoms with E-state index in [0.29, 0.717) is 37.3 Å². The average molecular weight is 652 g/mol. The number of imide groups is 1. The van der Waals surface area contributed by atoms with E-state index in [1.54, 1.807) is 12.1 Å². The van der Waals surface area contributed by atoms with E-state index in [4.69, 9.17) is 4.98 Å². The zero-order valence-electron chi connectivity index (χ0n) is 26.1. The van der Waals surface area contributed by atoms with Crippen molar-refractivity contribution in [1.29, 1.82) is 0 Å². The number of hydrogen-bond acceptors (Lipinski definition) is 6. The summed E-state index contributed by atoms with van der Waals surface area (Å²) in [5.74, 6) is 0.853. The van der Waals surface area contributed by atoms with Gasteiger partial charge < -0.3 is 9.62 Å². The summed E-state index contributed by atoms with van der Waals surface area (Å²) in [5.41, 5.74) is 0.523. The van der Waals surface area contributed by atoms with Crippen LogP contribution in [0.1, 0.15) is 69.4 Å². The third kappa shape index (κ3) is 6.84. The van der Waals surface area contributed by atoms with Crippen LogP contribution in [-0.4, -0.2) is 51.7 Å². The first kappa shape index (κ1) is 32.2. The van der Waals surface area contributed by atoms with Gasteiger partial charge in [0, 0.05) is 25.2 Å². The number of carbonyl (C=O) groups is 2. The fourth-order valence-corrected chi connectivity index (χ4v) is 8.19. The minimum absolute atomic E-state index is 0.00303. The van der Waals surface area contributed by atoms with Gasteiger partial charge in [0.2, 0.25) is 11.8 Å². The SMILES string of the molecule is C/C=S1/Nc2ccc(C(F)(F)F)c(n2)-c2ccccc2CCCCCN(CCCN2C(=O)C3CCCCC3C2=O)c2cccc1n2. The third-order valence-electron chi connectivity index (χ3n) is 9.30. The van der Waals surface area contributed by atoms with Crippen LogP contribution >= 0.6 is 10.7 Å². The molecule has 46 heavy (non-hydrogen) atoms. The number of anilines is 2. The van der Waals surface area contributed by atoms with Crippen LogP contribution in [0.2, 0.25) is 0 Å². The summed E-state index contributed by atoms with van der Waals surface area (Å²) in [6.07, 6.45) is 2.95. The van der Waals surface area contributed by atoms with Crippen molar-refractivity contribution in [3.8, 4) is 11.3 Å². The molecular weight excluding hydrogens is 611 g/mol. The summed E-state index contributed by atoms with van der Waals surface area (Å²) in [4.78, 5) is 39.3. The predicted octanol–water partition coefficient (Wildman–Crippen LogP) is 7.74. The summed E-state index contributed by atoms with van der Waals surface area (Å²) in [5, 5.41) is 2.69. The molecule has 2 fully saturated rings. The quantitative estimate of drug-likeness (QED) is 0.230. The highest BCUT2D eigenvalue weighted by Gasteiger charge is 2.47. The summed E-state index contributed by atoms with van der Waals surface area (Å²) in [6, 6.07) is 15.5. The number of fused-ring (bicyclic) bond motifs is 7. The first-order valence-electron chi connectivity index (χ1n) is 16.3. The van der Waals surface area contributed by atoms with Crippen molar-refractivity contribution in [2.24, 2.45) is 11.8 Å². The first-order valence-corrected chi connectivity index (χ1v) is 17.6. The maximum atomic E-state index is 14.2. The van der Waals surface area contributed by atoms with Gasteiger partial charge in [-0.1, -0.05) is 49.6 Å². The average Bonchev–Trinajstić information content (AvgIpc) is 3.30. The number of nitrogens with zero attached hydrogens (tertiary/aromatic N) is 4. The van der Waals surface area contributed by atoms with Crippen molar-refractivity contribution < 1.29 is 22.8 Å². The Kier molecular flexibility index (Phi) is 9.77. The maximum Gasteiger partial charge on any atom is 0.418 e. The van der Waals surface area contributed by atoms with Crippen molar-refractivity contribution in [3.05, 3.63) is 65.7 Å². The van der Waals surface area contributed by atoms with E-state index in [1.165, 1.54) is 11.0 Å². The van der Waals surface area contributed by atoms with Gasteiger partial charge in [-0.05, 0) is 91.3 Å². The molecule has 6 rings (SSSR count). The number of benzene rings is 1. The molecule has 1 saturated carbocycles. The zero-order chi connectivity index (χ0) is 32.3. The molecule has 1 N–H and O–H groups in total. The Hall–Kier alpha value is -3.73. The van der Waals surface area contributed by atoms with Crippen LogP contribution in [0, 0.1) is 11.8 Å². The van der Waals surface area contributed by atoms with Crippen molar-refractivity contribution >= 4 is 39.5 Å². The Morgan fingerprint density at radius 1 is 0.891 bits per heavy atom. The fourth-order valence-electron chi connectivity index (χ4n) is 6.97. The van der Waals surface area contributed by atoms with Crippen LogP contribution in [0.3, 0.4) is 0 Å². The van der Waals surface area contributed by atoms with Crippen LogP contribution in [0.25, 0.3) is 11.3 Å². The highest BCUT2D eigenvalue weighted by atomic mass is 32.2. The molecule has 0 radical (unpaired) electrons. The van der Waals surface area contributed by atoms with E-state index in [0.717, 1.165) is 74.0 Å². The van der Waals surface area contributed by atoms with Gasteiger partial charge in [-0.25, -0.2) is 9.97 Å². The molecule has 2 amide bonds. The minimum atomic E-state index is -4.54. The smallest absolute Gasteiger partial charge is 0.357 e. The summed E-state index contributed by atoms with van der Waals surface area (Å²) in [7, 11) is -0.738. The molecule has 2 aromatic heterocycles. The molecule has 3 atom stereocenters. The number of pyridine rings is 2. The van der Waals surface area contributed by atoms with Gasteiger partial charge in [0.15, 0.2) is 0 Å². The fraction of sp³-hybridized carbons (Fsp3) is 0.457. The highest BCUT2D eigenvalue weighted by Crippen LogP contribution is 2.40. The van der Waals surface area contributed by atoms with Gasteiger partial charge in [0.1, 0.15) is 16.7 Å². The molecule has 244 valence electrons. The number of nitrogens with one attached hydrogen (secondary N) is 1. The van der Waals surface area contributed by atoms with Crippen molar-refractivity contribution in [1.82, 2.24) is 14.9 Å². The van der Waals surface area contributed by atoms with Gasteiger partial charge in [-0.15, -0.1) is 0 Å². The van der Waals surface area contributed by atoms with E-state index in [-0.39, 0.29) is 29.3 Å². The van der Waals surface area contributed by atoms with Gasteiger partial charge in [0.05, 0.1) is 23.1 Å². The summed E-state index contributed by atoms with van der Waals surface area (Å²) >= 11 is 0. The maximum absolute atomic E-state index is 14.2. The Morgan fingerprint density at radius 3 is 2.39 bits per heavy atom. The molecule has 11 heteroatoms. The Labute approximate surface area is 270 Å². The van der Waals surface area contributed by atoms with Crippen LogP contribution in [0.4, 0.5) is 24.8 Å². The Morgan fingerprint density at radius 2 is 1.65 bits per heavy atom. The van der Waals surface area contributed by atoms with Crippen molar-refractivity contribution in [3.63, 3.8) is 0 Å². The molecule has 3 aliphatic rings. The van der Waals surface area contributed by atoms with E-state index in [9.17, 15) is 22.8 Å². The summed E-state index contributed by atoms with van der Waals surface area (Å²) < 4.78 is 45.8. The van der Waals surface area contributed by atoms with E-state index >= 15 is 0 Å². The molecule has 3 unspecified atom stereocenters. The van der Waals surface area contributed by atoms with Crippen LogP contribution < -0.4 is 9.62 Å². The number of likely N-dealkylation sites (tertiary alicyclic amines) is 1. The van der Waals surface area contributed by atoms with Crippen molar-refractivity contribution in [2.45, 2.75) is 75.9 Å². The minimum Gasteiger partial charge on any atom is -0.357 e. The lowest BCUT2D eigenvalue weighted by molar-refractivity contribution is -0.140. The van der Waals surface area contributed by atoms with Gasteiger partial charge in [0.25, 0.3) is 0 Å². The topological polar surface area (TPSA) is 78.4 Å². The second kappa shape index (κ2) is 13.9. The standard InChI is InChI=1S/C35H40F3N5O2S/c1-2-46-31-18-10-17-30(40-31)42(22-11-23-43-33(44)26-15-7-8-16-27(26)34(43)45)21-9-3-4-12-24-13-5-6-14-25(24)32-28(35(36,37)38)19-20-29(39-32)41-46/h2,5-6,10,13-14,17-20,26-27H,3-4,7-9,11-12,15-16,21-23H2,1H3,(H,39,41). The van der Waals surface area contributed by atoms with E-state index in [2.05, 4.69) is 14.6 Å². The highest BCUT2D eigenvalue weighted by molar-refractivity contribution is 8.16. The van der Waals surface area contributed by atoms with Crippen molar-refractivity contribution in [2.75, 3.05) is 29.3 Å². The number of halogens is 3. The Balaban J connectivity index is 1.27. The number of amides is 2. The molecule has 3 aromatic rings. The van der Waals surface area contributed by atoms with Gasteiger partial charge >= 0.3 is 6.18 Å². The van der Waals surface area contributed by atoms with Gasteiger partial charge in [-0.2, -0.15) is 13.2 Å². The molecule has 1 aromatic carbocycles. The number of aromatic nitrogens is 2. The first-order chi connectivity index (χ1) is 22.2. The number of hydrogen-bond donors (Lipinski definition) is 1. The lowest BCUT2D eigenvalue weighted by atomic mass is 9.81. The number of carbonyl (C=O) groups excluding carboxylic acids is 2. The number of alkyl halides is 3. The molecular formula is C35H40F3N5O2S. The lowest BCUT2D eigenvalue weighted by Crippen LogP contribution is -2.35. The molecule has 1 aliphatic carbocycles. The molecule has 4 heterocycles. The molecule has 7 nitrogen and oxygen atoms in total. The van der Waals surface area contributed by atoms with Gasteiger partial charge in [-0.3, -0.25) is 14.5 Å². The third-order valence-corrected chi connectivity index (χ3v) is 10.9. The number of aryl methyl sites for hydroxylation is 1. The Bertz CT molecular complexity index is 1600. The predicted molar refractivity (Wildman–Crippen MR) is 177 cm³/mol. The molecule has 2 aliphatic heterocycles. The van der Waals surface area contributed by atoms with Crippen LogP contribution in [0.5, 0.6) is 0 Å². The molecule has 4 bridgehead atoms. The lowest BCUT2D eigenvalue weighted by Gasteiger charge is -2.26. The monoisotopic (exact) mass is 651 g/mol. The zero-order valence-corrected chi connectivity index (χ0v) is 26.9. The van der Waals surface area contributed by atoms with Crippen LogP contribution in [0.15, 0.2) is 59.6 Å². The number of rotatable bonds is 4. The summed E-state index contributed by atoms with van der Waals surface area (Å²) in [6.45, 7) is 3.68. The molecule has 1 saturated heterocycles. The normalized spacial score (nSPS) is 22.4.